The SMILES string of the molecule is CC(C)c1ccc(C(C)C)c2c1CC1CCC(=O)CC21. The standard InChI is InChI=1S/C19H26O/c1-11(2)15-7-8-16(12(3)4)19-17-10-14(20)6-5-13(17)9-18(15)19/h7-8,11-13,17H,5-6,9-10H2,1-4H3. The summed E-state index contributed by atoms with van der Waals surface area (Å²) in [5.41, 5.74) is 6.16. The van der Waals surface area contributed by atoms with Crippen molar-refractivity contribution >= 4 is 5.78 Å². The quantitative estimate of drug-likeness (QED) is 0.743. The van der Waals surface area contributed by atoms with Crippen LogP contribution in [0.15, 0.2) is 12.1 Å². The molecule has 1 aromatic rings. The van der Waals surface area contributed by atoms with Crippen LogP contribution in [0.4, 0.5) is 0 Å². The lowest BCUT2D eigenvalue weighted by atomic mass is 9.77. The Labute approximate surface area is 122 Å². The summed E-state index contributed by atoms with van der Waals surface area (Å²) in [6.45, 7) is 9.14. The molecule has 0 amide bonds. The molecule has 0 saturated heterocycles. The van der Waals surface area contributed by atoms with Gasteiger partial charge in [-0.15, -0.1) is 0 Å². The summed E-state index contributed by atoms with van der Waals surface area (Å²) in [5.74, 6) is 2.85. The van der Waals surface area contributed by atoms with Crippen molar-refractivity contribution < 1.29 is 4.79 Å². The van der Waals surface area contributed by atoms with Gasteiger partial charge >= 0.3 is 0 Å². The van der Waals surface area contributed by atoms with E-state index in [1.807, 2.05) is 0 Å². The molecule has 1 nitrogen and oxygen atoms in total. The number of ketones is 1. The predicted molar refractivity (Wildman–Crippen MR) is 83.4 cm³/mol. The first-order valence-electron chi connectivity index (χ1n) is 8.16. The van der Waals surface area contributed by atoms with E-state index in [1.54, 1.807) is 11.1 Å². The second-order valence-corrected chi connectivity index (χ2v) is 7.30. The highest BCUT2D eigenvalue weighted by Crippen LogP contribution is 2.50. The van der Waals surface area contributed by atoms with Gasteiger partial charge < -0.3 is 0 Å². The van der Waals surface area contributed by atoms with Gasteiger partial charge in [0.05, 0.1) is 0 Å². The van der Waals surface area contributed by atoms with Crippen molar-refractivity contribution in [2.24, 2.45) is 5.92 Å². The molecular weight excluding hydrogens is 244 g/mol. The fourth-order valence-corrected chi connectivity index (χ4v) is 4.32. The lowest BCUT2D eigenvalue weighted by Crippen LogP contribution is -2.20. The van der Waals surface area contributed by atoms with E-state index < -0.39 is 0 Å². The topological polar surface area (TPSA) is 17.1 Å². The number of carbonyl (C=O) groups is 1. The molecule has 0 bridgehead atoms. The third-order valence-corrected chi connectivity index (χ3v) is 5.32. The van der Waals surface area contributed by atoms with Gasteiger partial charge in [-0.1, -0.05) is 39.8 Å². The van der Waals surface area contributed by atoms with Crippen LogP contribution in [0.25, 0.3) is 0 Å². The number of fused-ring (bicyclic) bond motifs is 3. The molecular formula is C19H26O. The van der Waals surface area contributed by atoms with Gasteiger partial charge in [0, 0.05) is 12.8 Å². The first-order valence-corrected chi connectivity index (χ1v) is 8.16. The molecule has 0 aliphatic heterocycles. The smallest absolute Gasteiger partial charge is 0.133 e. The minimum absolute atomic E-state index is 0.476. The summed E-state index contributed by atoms with van der Waals surface area (Å²) in [7, 11) is 0. The van der Waals surface area contributed by atoms with Crippen molar-refractivity contribution in [2.45, 2.75) is 71.1 Å². The number of benzene rings is 1. The van der Waals surface area contributed by atoms with Crippen molar-refractivity contribution in [1.29, 1.82) is 0 Å². The Hall–Kier alpha value is -1.11. The second kappa shape index (κ2) is 5.02. The molecule has 3 rings (SSSR count). The summed E-state index contributed by atoms with van der Waals surface area (Å²) in [6, 6.07) is 4.68. The van der Waals surface area contributed by atoms with Crippen molar-refractivity contribution in [1.82, 2.24) is 0 Å². The van der Waals surface area contributed by atoms with Crippen molar-refractivity contribution in [3.05, 3.63) is 34.4 Å². The van der Waals surface area contributed by atoms with Gasteiger partial charge in [-0.3, -0.25) is 4.79 Å². The molecule has 1 aromatic carbocycles. The first-order chi connectivity index (χ1) is 9.49. The normalized spacial score (nSPS) is 25.2. The van der Waals surface area contributed by atoms with Gasteiger partial charge in [0.25, 0.3) is 0 Å². The monoisotopic (exact) mass is 270 g/mol. The van der Waals surface area contributed by atoms with E-state index in [1.165, 1.54) is 17.5 Å². The lowest BCUT2D eigenvalue weighted by molar-refractivity contribution is -0.121. The molecule has 0 spiro atoms. The number of hydrogen-bond acceptors (Lipinski definition) is 1. The Bertz CT molecular complexity index is 539. The van der Waals surface area contributed by atoms with Crippen LogP contribution in [0.1, 0.15) is 87.0 Å². The van der Waals surface area contributed by atoms with Gasteiger partial charge in [-0.2, -0.15) is 0 Å². The Morgan fingerprint density at radius 1 is 1.00 bits per heavy atom. The zero-order chi connectivity index (χ0) is 14.4. The molecule has 2 unspecified atom stereocenters. The molecule has 2 atom stereocenters. The highest BCUT2D eigenvalue weighted by molar-refractivity contribution is 5.81. The van der Waals surface area contributed by atoms with Gasteiger partial charge in [0.2, 0.25) is 0 Å². The zero-order valence-corrected chi connectivity index (χ0v) is 13.2. The molecule has 2 aliphatic rings. The van der Waals surface area contributed by atoms with Crippen LogP contribution in [0.2, 0.25) is 0 Å². The highest BCUT2D eigenvalue weighted by Gasteiger charge is 2.39. The molecule has 1 saturated carbocycles. The zero-order valence-electron chi connectivity index (χ0n) is 13.2. The van der Waals surface area contributed by atoms with Crippen molar-refractivity contribution in [3.8, 4) is 0 Å². The fourth-order valence-electron chi connectivity index (χ4n) is 4.32. The molecule has 108 valence electrons. The maximum Gasteiger partial charge on any atom is 0.133 e. The maximum absolute atomic E-state index is 11.9. The van der Waals surface area contributed by atoms with Crippen molar-refractivity contribution in [2.75, 3.05) is 0 Å². The molecule has 20 heavy (non-hydrogen) atoms. The third-order valence-electron chi connectivity index (χ3n) is 5.32. The summed E-state index contributed by atoms with van der Waals surface area (Å²) in [5, 5.41) is 0. The molecule has 0 N–H and O–H groups in total. The largest absolute Gasteiger partial charge is 0.300 e. The average Bonchev–Trinajstić information content (AvgIpc) is 2.75. The van der Waals surface area contributed by atoms with E-state index in [9.17, 15) is 4.79 Å². The summed E-state index contributed by atoms with van der Waals surface area (Å²) < 4.78 is 0. The average molecular weight is 270 g/mol. The van der Waals surface area contributed by atoms with Crippen LogP contribution < -0.4 is 0 Å². The van der Waals surface area contributed by atoms with Crippen molar-refractivity contribution in [3.63, 3.8) is 0 Å². The van der Waals surface area contributed by atoms with Gasteiger partial charge in [0.1, 0.15) is 5.78 Å². The van der Waals surface area contributed by atoms with Gasteiger partial charge in [0.15, 0.2) is 0 Å². The molecule has 0 radical (unpaired) electrons. The van der Waals surface area contributed by atoms with E-state index in [-0.39, 0.29) is 0 Å². The van der Waals surface area contributed by atoms with E-state index >= 15 is 0 Å². The van der Waals surface area contributed by atoms with Crippen LogP contribution in [-0.4, -0.2) is 5.78 Å². The van der Waals surface area contributed by atoms with Gasteiger partial charge in [-0.05, 0) is 58.8 Å². The Morgan fingerprint density at radius 2 is 1.65 bits per heavy atom. The molecule has 2 aliphatic carbocycles. The first kappa shape index (κ1) is 13.9. The van der Waals surface area contributed by atoms with Crippen LogP contribution >= 0.6 is 0 Å². The van der Waals surface area contributed by atoms with Crippen LogP contribution in [0.5, 0.6) is 0 Å². The van der Waals surface area contributed by atoms with E-state index in [4.69, 9.17) is 0 Å². The molecule has 0 heterocycles. The summed E-state index contributed by atoms with van der Waals surface area (Å²) in [4.78, 5) is 11.9. The maximum atomic E-state index is 11.9. The molecule has 0 aromatic heterocycles. The Morgan fingerprint density at radius 3 is 2.30 bits per heavy atom. The highest BCUT2D eigenvalue weighted by atomic mass is 16.1. The summed E-state index contributed by atoms with van der Waals surface area (Å²) in [6.07, 6.45) is 3.91. The minimum Gasteiger partial charge on any atom is -0.300 e. The molecule has 1 heteroatoms. The number of carbonyl (C=O) groups excluding carboxylic acids is 1. The second-order valence-electron chi connectivity index (χ2n) is 7.30. The number of hydrogen-bond donors (Lipinski definition) is 0. The Balaban J connectivity index is 2.14. The Kier molecular flexibility index (Phi) is 3.48. The van der Waals surface area contributed by atoms with E-state index in [0.29, 0.717) is 23.5 Å². The number of rotatable bonds is 2. The van der Waals surface area contributed by atoms with Crippen LogP contribution in [0.3, 0.4) is 0 Å². The van der Waals surface area contributed by atoms with Crippen LogP contribution in [-0.2, 0) is 11.2 Å². The predicted octanol–water partition coefficient (Wildman–Crippen LogP) is 4.94. The molecule has 1 fully saturated rings. The van der Waals surface area contributed by atoms with E-state index in [2.05, 4.69) is 39.8 Å². The summed E-state index contributed by atoms with van der Waals surface area (Å²) >= 11 is 0. The minimum atomic E-state index is 0.476. The van der Waals surface area contributed by atoms with E-state index in [0.717, 1.165) is 25.2 Å². The van der Waals surface area contributed by atoms with Crippen LogP contribution in [0, 0.1) is 5.92 Å². The van der Waals surface area contributed by atoms with Gasteiger partial charge in [-0.25, -0.2) is 0 Å². The fraction of sp³-hybridized carbons (Fsp3) is 0.632. The lowest BCUT2D eigenvalue weighted by Gasteiger charge is -2.27. The number of Topliss-reactive ketones (excluding diaryl/α,β-unsaturated/α-hetero) is 1. The third kappa shape index (κ3) is 2.12.